The Balaban J connectivity index is 1.75. The summed E-state index contributed by atoms with van der Waals surface area (Å²) in [5, 5.41) is 3.13. The summed E-state index contributed by atoms with van der Waals surface area (Å²) >= 11 is 0. The molecule has 0 aliphatic carbocycles. The van der Waals surface area contributed by atoms with Crippen LogP contribution in [0, 0.1) is 20.8 Å². The highest BCUT2D eigenvalue weighted by Gasteiger charge is 2.26. The zero-order valence-corrected chi connectivity index (χ0v) is 17.0. The van der Waals surface area contributed by atoms with Crippen molar-refractivity contribution in [1.82, 2.24) is 14.8 Å². The van der Waals surface area contributed by atoms with Crippen LogP contribution < -0.4 is 5.32 Å². The lowest BCUT2D eigenvalue weighted by Crippen LogP contribution is -2.43. The number of hydrogen-bond donors (Lipinski definition) is 1. The molecule has 0 radical (unpaired) electrons. The zero-order chi connectivity index (χ0) is 19.6. The monoisotopic (exact) mass is 373 g/mol. The van der Waals surface area contributed by atoms with Crippen molar-refractivity contribution >= 4 is 5.91 Å². The van der Waals surface area contributed by atoms with Gasteiger partial charge in [-0.25, -0.2) is 0 Å². The summed E-state index contributed by atoms with van der Waals surface area (Å²) in [6.07, 6.45) is 0. The van der Waals surface area contributed by atoms with E-state index in [-0.39, 0.29) is 11.9 Å². The summed E-state index contributed by atoms with van der Waals surface area (Å²) < 4.78 is 13.6. The number of morpholine rings is 1. The van der Waals surface area contributed by atoms with E-state index in [0.29, 0.717) is 25.8 Å². The standard InChI is InChI=1S/C21H31N3O3/c1-14(2)24-15(3)12-18(17(24)5)21(25)22-13-19(20-7-6-16(4)27-20)23-8-10-26-11-9-23/h6-7,12,14,19H,8-11,13H2,1-5H3,(H,22,25). The lowest BCUT2D eigenvalue weighted by atomic mass is 10.1. The second-order valence-corrected chi connectivity index (χ2v) is 7.57. The minimum Gasteiger partial charge on any atom is -0.465 e. The summed E-state index contributed by atoms with van der Waals surface area (Å²) in [5.74, 6) is 1.74. The van der Waals surface area contributed by atoms with Gasteiger partial charge in [0, 0.05) is 37.1 Å². The quantitative estimate of drug-likeness (QED) is 0.843. The van der Waals surface area contributed by atoms with Gasteiger partial charge in [0.25, 0.3) is 5.91 Å². The number of carbonyl (C=O) groups excluding carboxylic acids is 1. The van der Waals surface area contributed by atoms with Gasteiger partial charge in [-0.3, -0.25) is 9.69 Å². The molecule has 1 saturated heterocycles. The molecule has 27 heavy (non-hydrogen) atoms. The third-order valence-corrected chi connectivity index (χ3v) is 5.28. The average Bonchev–Trinajstić information content (AvgIpc) is 3.19. The van der Waals surface area contributed by atoms with Crippen molar-refractivity contribution in [1.29, 1.82) is 0 Å². The van der Waals surface area contributed by atoms with Crippen molar-refractivity contribution in [3.63, 3.8) is 0 Å². The third kappa shape index (κ3) is 4.28. The first-order valence-electron chi connectivity index (χ1n) is 9.73. The number of amides is 1. The normalized spacial score (nSPS) is 16.7. The fourth-order valence-electron chi connectivity index (χ4n) is 4.02. The highest BCUT2D eigenvalue weighted by atomic mass is 16.5. The molecule has 1 atom stereocenters. The second kappa shape index (κ2) is 8.31. The van der Waals surface area contributed by atoms with E-state index in [4.69, 9.17) is 9.15 Å². The number of nitrogens with one attached hydrogen (secondary N) is 1. The van der Waals surface area contributed by atoms with Crippen LogP contribution in [0.25, 0.3) is 0 Å². The Labute approximate surface area is 161 Å². The van der Waals surface area contributed by atoms with Crippen molar-refractivity contribution in [2.45, 2.75) is 46.7 Å². The molecule has 2 aromatic rings. The fraction of sp³-hybridized carbons (Fsp3) is 0.571. The van der Waals surface area contributed by atoms with Crippen LogP contribution in [0.3, 0.4) is 0 Å². The van der Waals surface area contributed by atoms with Gasteiger partial charge in [0.05, 0.1) is 24.8 Å². The van der Waals surface area contributed by atoms with Gasteiger partial charge in [0.15, 0.2) is 0 Å². The number of hydrogen-bond acceptors (Lipinski definition) is 4. The van der Waals surface area contributed by atoms with E-state index < -0.39 is 0 Å². The summed E-state index contributed by atoms with van der Waals surface area (Å²) in [4.78, 5) is 15.2. The number of aryl methyl sites for hydroxylation is 2. The number of nitrogens with zero attached hydrogens (tertiary/aromatic N) is 2. The molecule has 148 valence electrons. The van der Waals surface area contributed by atoms with E-state index >= 15 is 0 Å². The van der Waals surface area contributed by atoms with E-state index in [1.54, 1.807) is 0 Å². The molecule has 1 aliphatic heterocycles. The molecule has 3 heterocycles. The molecule has 1 aliphatic rings. The Kier molecular flexibility index (Phi) is 6.07. The number of rotatable bonds is 6. The molecule has 0 aromatic carbocycles. The van der Waals surface area contributed by atoms with E-state index in [2.05, 4.69) is 28.6 Å². The molecule has 0 spiro atoms. The highest BCUT2D eigenvalue weighted by molar-refractivity contribution is 5.95. The largest absolute Gasteiger partial charge is 0.465 e. The topological polar surface area (TPSA) is 59.6 Å². The molecule has 2 aromatic heterocycles. The van der Waals surface area contributed by atoms with Crippen LogP contribution in [0.15, 0.2) is 22.6 Å². The smallest absolute Gasteiger partial charge is 0.253 e. The van der Waals surface area contributed by atoms with Crippen molar-refractivity contribution in [2.24, 2.45) is 0 Å². The van der Waals surface area contributed by atoms with Crippen LogP contribution in [0.4, 0.5) is 0 Å². The number of carbonyl (C=O) groups is 1. The highest BCUT2D eigenvalue weighted by Crippen LogP contribution is 2.24. The molecular weight excluding hydrogens is 342 g/mol. The third-order valence-electron chi connectivity index (χ3n) is 5.28. The van der Waals surface area contributed by atoms with Crippen LogP contribution in [0.1, 0.15) is 59.2 Å². The van der Waals surface area contributed by atoms with Gasteiger partial charge in [-0.2, -0.15) is 0 Å². The van der Waals surface area contributed by atoms with Crippen LogP contribution in [0.5, 0.6) is 0 Å². The first-order valence-corrected chi connectivity index (χ1v) is 9.73. The van der Waals surface area contributed by atoms with E-state index in [1.165, 1.54) is 0 Å². The van der Waals surface area contributed by atoms with E-state index in [1.807, 2.05) is 39.0 Å². The lowest BCUT2D eigenvalue weighted by Gasteiger charge is -2.33. The Morgan fingerprint density at radius 1 is 1.19 bits per heavy atom. The van der Waals surface area contributed by atoms with Gasteiger partial charge < -0.3 is 19.0 Å². The van der Waals surface area contributed by atoms with Crippen LogP contribution in [0.2, 0.25) is 0 Å². The molecule has 1 amide bonds. The lowest BCUT2D eigenvalue weighted by molar-refractivity contribution is 0.0117. The minimum absolute atomic E-state index is 0.0140. The van der Waals surface area contributed by atoms with Crippen molar-refractivity contribution < 1.29 is 13.9 Å². The number of ether oxygens (including phenoxy) is 1. The predicted molar refractivity (Wildman–Crippen MR) is 105 cm³/mol. The molecule has 3 rings (SSSR count). The van der Waals surface area contributed by atoms with Crippen molar-refractivity contribution in [3.8, 4) is 0 Å². The molecular formula is C21H31N3O3. The van der Waals surface area contributed by atoms with Crippen LogP contribution in [-0.2, 0) is 4.74 Å². The maximum atomic E-state index is 12.9. The molecule has 1 N–H and O–H groups in total. The maximum absolute atomic E-state index is 12.9. The number of aromatic nitrogens is 1. The Bertz CT molecular complexity index is 785. The Morgan fingerprint density at radius 3 is 2.44 bits per heavy atom. The van der Waals surface area contributed by atoms with Gasteiger partial charge in [-0.1, -0.05) is 0 Å². The van der Waals surface area contributed by atoms with Crippen LogP contribution >= 0.6 is 0 Å². The van der Waals surface area contributed by atoms with Gasteiger partial charge in [0.1, 0.15) is 11.5 Å². The zero-order valence-electron chi connectivity index (χ0n) is 17.0. The summed E-state index contributed by atoms with van der Waals surface area (Å²) in [5.41, 5.74) is 2.87. The Hall–Kier alpha value is -2.05. The van der Waals surface area contributed by atoms with Crippen molar-refractivity contribution in [3.05, 3.63) is 46.7 Å². The summed E-state index contributed by atoms with van der Waals surface area (Å²) in [7, 11) is 0. The van der Waals surface area contributed by atoms with Gasteiger partial charge >= 0.3 is 0 Å². The molecule has 6 heteroatoms. The van der Waals surface area contributed by atoms with Crippen LogP contribution in [-0.4, -0.2) is 48.2 Å². The minimum atomic E-state index is -0.0310. The average molecular weight is 373 g/mol. The first-order chi connectivity index (χ1) is 12.9. The summed E-state index contributed by atoms with van der Waals surface area (Å²) in [6, 6.07) is 6.30. The Morgan fingerprint density at radius 2 is 1.89 bits per heavy atom. The molecule has 0 saturated carbocycles. The van der Waals surface area contributed by atoms with E-state index in [0.717, 1.165) is 41.6 Å². The fourth-order valence-corrected chi connectivity index (χ4v) is 4.02. The molecule has 1 fully saturated rings. The first kappa shape index (κ1) is 19.7. The molecule has 0 bridgehead atoms. The molecule has 6 nitrogen and oxygen atoms in total. The van der Waals surface area contributed by atoms with E-state index in [9.17, 15) is 4.79 Å². The SMILES string of the molecule is Cc1ccc(C(CNC(=O)c2cc(C)n(C(C)C)c2C)N2CCOCC2)o1. The predicted octanol–water partition coefficient (Wildman–Crippen LogP) is 3.39. The van der Waals surface area contributed by atoms with Gasteiger partial charge in [-0.05, 0) is 52.8 Å². The van der Waals surface area contributed by atoms with Gasteiger partial charge in [0.2, 0.25) is 0 Å². The second-order valence-electron chi connectivity index (χ2n) is 7.57. The maximum Gasteiger partial charge on any atom is 0.253 e. The number of furan rings is 1. The van der Waals surface area contributed by atoms with Gasteiger partial charge in [-0.15, -0.1) is 0 Å². The van der Waals surface area contributed by atoms with Crippen molar-refractivity contribution in [2.75, 3.05) is 32.8 Å². The molecule has 1 unspecified atom stereocenters. The summed E-state index contributed by atoms with van der Waals surface area (Å²) in [6.45, 7) is 13.9.